The monoisotopic (exact) mass is 311 g/mol. The molecule has 1 aliphatic rings. The van der Waals surface area contributed by atoms with Crippen LogP contribution in [0.5, 0.6) is 0 Å². The molecule has 1 atom stereocenters. The van der Waals surface area contributed by atoms with Gasteiger partial charge in [-0.15, -0.1) is 0 Å². The molecule has 1 fully saturated rings. The molecule has 0 aliphatic carbocycles. The number of halogens is 1. The van der Waals surface area contributed by atoms with Gasteiger partial charge in [0.05, 0.1) is 11.7 Å². The second-order valence-corrected chi connectivity index (χ2v) is 5.46. The number of hydrogen-bond acceptors (Lipinski definition) is 3. The van der Waals surface area contributed by atoms with Crippen molar-refractivity contribution < 1.29 is 4.79 Å². The van der Waals surface area contributed by atoms with E-state index in [1.54, 1.807) is 0 Å². The third-order valence-corrected chi connectivity index (χ3v) is 3.99. The van der Waals surface area contributed by atoms with E-state index in [0.717, 1.165) is 36.0 Å². The molecule has 1 amide bonds. The van der Waals surface area contributed by atoms with Crippen molar-refractivity contribution in [1.82, 2.24) is 10.3 Å². The highest BCUT2D eigenvalue weighted by molar-refractivity contribution is 9.10. The molecule has 1 saturated heterocycles. The van der Waals surface area contributed by atoms with Crippen LogP contribution in [-0.2, 0) is 4.79 Å². The summed E-state index contributed by atoms with van der Waals surface area (Å²) in [6.07, 6.45) is 4.37. The summed E-state index contributed by atoms with van der Waals surface area (Å²) in [6.45, 7) is 2.83. The van der Waals surface area contributed by atoms with E-state index in [-0.39, 0.29) is 11.9 Å². The highest BCUT2D eigenvalue weighted by Crippen LogP contribution is 2.17. The van der Waals surface area contributed by atoms with Gasteiger partial charge in [-0.05, 0) is 54.4 Å². The van der Waals surface area contributed by atoms with Gasteiger partial charge in [-0.25, -0.2) is 4.98 Å². The number of nitrogens with one attached hydrogen (secondary N) is 2. The van der Waals surface area contributed by atoms with Gasteiger partial charge in [0.1, 0.15) is 5.82 Å². The Morgan fingerprint density at radius 2 is 2.28 bits per heavy atom. The molecule has 0 aromatic carbocycles. The Morgan fingerprint density at radius 3 is 3.06 bits per heavy atom. The lowest BCUT2D eigenvalue weighted by atomic mass is 10.1. The van der Waals surface area contributed by atoms with Crippen LogP contribution in [0.4, 0.5) is 5.82 Å². The van der Waals surface area contributed by atoms with Gasteiger partial charge in [0.25, 0.3) is 0 Å². The molecule has 2 rings (SSSR count). The molecule has 2 heterocycles. The van der Waals surface area contributed by atoms with Gasteiger partial charge in [-0.3, -0.25) is 4.79 Å². The molecule has 5 heteroatoms. The van der Waals surface area contributed by atoms with Crippen LogP contribution >= 0.6 is 15.9 Å². The third kappa shape index (κ3) is 3.53. The van der Waals surface area contributed by atoms with Crippen molar-refractivity contribution in [1.29, 1.82) is 0 Å². The maximum atomic E-state index is 12.1. The number of hydrogen-bond donors (Lipinski definition) is 2. The molecule has 1 unspecified atom stereocenters. The number of nitrogens with zero attached hydrogens (tertiary/aromatic N) is 1. The van der Waals surface area contributed by atoms with Crippen LogP contribution in [0, 0.1) is 6.92 Å². The predicted molar refractivity (Wildman–Crippen MR) is 75.6 cm³/mol. The Bertz CT molecular complexity index is 428. The quantitative estimate of drug-likeness (QED) is 0.883. The standard InChI is InChI=1S/C13H18BrN3O/c1-9-10(14)6-7-12(16-9)17-13(18)11-5-3-2-4-8-15-11/h6-7,11,15H,2-5,8H2,1H3,(H,16,17,18). The fraction of sp³-hybridized carbons (Fsp3) is 0.538. The van der Waals surface area contributed by atoms with Gasteiger partial charge >= 0.3 is 0 Å². The molecule has 0 radical (unpaired) electrons. The first-order valence-electron chi connectivity index (χ1n) is 6.34. The van der Waals surface area contributed by atoms with E-state index in [2.05, 4.69) is 31.5 Å². The maximum Gasteiger partial charge on any atom is 0.242 e. The van der Waals surface area contributed by atoms with Crippen LogP contribution in [-0.4, -0.2) is 23.5 Å². The van der Waals surface area contributed by atoms with Gasteiger partial charge in [0.2, 0.25) is 5.91 Å². The smallest absolute Gasteiger partial charge is 0.242 e. The average molecular weight is 312 g/mol. The summed E-state index contributed by atoms with van der Waals surface area (Å²) < 4.78 is 0.952. The fourth-order valence-corrected chi connectivity index (χ4v) is 2.30. The summed E-state index contributed by atoms with van der Waals surface area (Å²) in [5.41, 5.74) is 0.877. The van der Waals surface area contributed by atoms with E-state index < -0.39 is 0 Å². The average Bonchev–Trinajstić information content (AvgIpc) is 2.62. The van der Waals surface area contributed by atoms with Crippen molar-refractivity contribution >= 4 is 27.7 Å². The van der Waals surface area contributed by atoms with Crippen molar-refractivity contribution in [3.05, 3.63) is 22.3 Å². The van der Waals surface area contributed by atoms with E-state index in [1.807, 2.05) is 19.1 Å². The van der Waals surface area contributed by atoms with Crippen molar-refractivity contribution in [3.63, 3.8) is 0 Å². The van der Waals surface area contributed by atoms with E-state index in [4.69, 9.17) is 0 Å². The van der Waals surface area contributed by atoms with E-state index in [0.29, 0.717) is 5.82 Å². The summed E-state index contributed by atoms with van der Waals surface area (Å²) >= 11 is 3.39. The van der Waals surface area contributed by atoms with Crippen molar-refractivity contribution in [2.45, 2.75) is 38.6 Å². The lowest BCUT2D eigenvalue weighted by Gasteiger charge is -2.15. The van der Waals surface area contributed by atoms with E-state index in [1.165, 1.54) is 6.42 Å². The lowest BCUT2D eigenvalue weighted by molar-refractivity contribution is -0.118. The molecular formula is C13H18BrN3O. The minimum Gasteiger partial charge on any atom is -0.309 e. The highest BCUT2D eigenvalue weighted by atomic mass is 79.9. The van der Waals surface area contributed by atoms with Gasteiger partial charge in [0, 0.05) is 4.47 Å². The van der Waals surface area contributed by atoms with E-state index >= 15 is 0 Å². The van der Waals surface area contributed by atoms with Gasteiger partial charge in [-0.1, -0.05) is 12.8 Å². The molecule has 0 bridgehead atoms. The first-order chi connectivity index (χ1) is 8.66. The number of amides is 1. The summed E-state index contributed by atoms with van der Waals surface area (Å²) in [6, 6.07) is 3.63. The number of pyridine rings is 1. The predicted octanol–water partition coefficient (Wildman–Crippen LogP) is 2.62. The molecule has 1 aromatic heterocycles. The second kappa shape index (κ2) is 6.29. The molecular weight excluding hydrogens is 294 g/mol. The zero-order chi connectivity index (χ0) is 13.0. The molecule has 1 aliphatic heterocycles. The van der Waals surface area contributed by atoms with Crippen molar-refractivity contribution in [3.8, 4) is 0 Å². The minimum absolute atomic E-state index is 0.0196. The number of aryl methyl sites for hydroxylation is 1. The summed E-state index contributed by atoms with van der Waals surface area (Å²) in [5, 5.41) is 6.15. The number of anilines is 1. The molecule has 98 valence electrons. The van der Waals surface area contributed by atoms with Crippen molar-refractivity contribution in [2.75, 3.05) is 11.9 Å². The molecule has 4 nitrogen and oxygen atoms in total. The Labute approximate surface area is 116 Å². The molecule has 0 saturated carbocycles. The molecule has 18 heavy (non-hydrogen) atoms. The largest absolute Gasteiger partial charge is 0.309 e. The second-order valence-electron chi connectivity index (χ2n) is 4.61. The summed E-state index contributed by atoms with van der Waals surface area (Å²) in [7, 11) is 0. The van der Waals surface area contributed by atoms with Crippen LogP contribution in [0.1, 0.15) is 31.4 Å². The zero-order valence-corrected chi connectivity index (χ0v) is 12.1. The summed E-state index contributed by atoms with van der Waals surface area (Å²) in [5.74, 6) is 0.637. The van der Waals surface area contributed by atoms with Crippen LogP contribution in [0.3, 0.4) is 0 Å². The summed E-state index contributed by atoms with van der Waals surface area (Å²) in [4.78, 5) is 16.4. The van der Waals surface area contributed by atoms with Crippen molar-refractivity contribution in [2.24, 2.45) is 0 Å². The Hall–Kier alpha value is -0.940. The molecule has 2 N–H and O–H groups in total. The van der Waals surface area contributed by atoms with Gasteiger partial charge in [-0.2, -0.15) is 0 Å². The van der Waals surface area contributed by atoms with Crippen LogP contribution in [0.15, 0.2) is 16.6 Å². The van der Waals surface area contributed by atoms with Gasteiger partial charge in [0.15, 0.2) is 0 Å². The number of carbonyl (C=O) groups is 1. The minimum atomic E-state index is -0.0850. The van der Waals surface area contributed by atoms with Crippen LogP contribution < -0.4 is 10.6 Å². The Kier molecular flexibility index (Phi) is 4.72. The lowest BCUT2D eigenvalue weighted by Crippen LogP contribution is -2.40. The fourth-order valence-electron chi connectivity index (χ4n) is 2.08. The Balaban J connectivity index is 1.99. The first kappa shape index (κ1) is 13.5. The maximum absolute atomic E-state index is 12.1. The van der Waals surface area contributed by atoms with Gasteiger partial charge < -0.3 is 10.6 Å². The normalized spacial score (nSPS) is 20.2. The first-order valence-corrected chi connectivity index (χ1v) is 7.13. The highest BCUT2D eigenvalue weighted by Gasteiger charge is 2.19. The molecule has 0 spiro atoms. The van der Waals surface area contributed by atoms with E-state index in [9.17, 15) is 4.79 Å². The molecule has 1 aromatic rings. The Morgan fingerprint density at radius 1 is 1.44 bits per heavy atom. The topological polar surface area (TPSA) is 54.0 Å². The SMILES string of the molecule is Cc1nc(NC(=O)C2CCCCCN2)ccc1Br. The zero-order valence-electron chi connectivity index (χ0n) is 10.5. The number of carbonyl (C=O) groups excluding carboxylic acids is 1. The van der Waals surface area contributed by atoms with Crippen LogP contribution in [0.2, 0.25) is 0 Å². The number of aromatic nitrogens is 1. The number of rotatable bonds is 2. The van der Waals surface area contributed by atoms with Crippen LogP contribution in [0.25, 0.3) is 0 Å². The third-order valence-electron chi connectivity index (χ3n) is 3.15.